The van der Waals surface area contributed by atoms with Crippen molar-refractivity contribution in [1.29, 1.82) is 0 Å². The largest absolute Gasteiger partial charge is 0.455 e. The van der Waals surface area contributed by atoms with E-state index in [1.165, 1.54) is 0 Å². The molecule has 0 saturated heterocycles. The summed E-state index contributed by atoms with van der Waals surface area (Å²) in [6.07, 6.45) is 0. The highest BCUT2D eigenvalue weighted by molar-refractivity contribution is 6.10. The van der Waals surface area contributed by atoms with E-state index in [0.717, 1.165) is 38.6 Å². The van der Waals surface area contributed by atoms with E-state index in [9.17, 15) is 0 Å². The molecular formula is C39H25N3O. The minimum absolute atomic E-state index is 0.0961. The van der Waals surface area contributed by atoms with Crippen LogP contribution in [-0.2, 0) is 0 Å². The van der Waals surface area contributed by atoms with E-state index in [1.54, 1.807) is 12.1 Å². The Morgan fingerprint density at radius 3 is 1.70 bits per heavy atom. The molecule has 0 fully saturated rings. The third-order valence-electron chi connectivity index (χ3n) is 7.44. The first-order valence-electron chi connectivity index (χ1n) is 16.4. The zero-order chi connectivity index (χ0) is 32.9. The summed E-state index contributed by atoms with van der Waals surface area (Å²) >= 11 is 0. The van der Waals surface area contributed by atoms with Crippen LogP contribution in [0.25, 0.3) is 78.4 Å². The Kier molecular flexibility index (Phi) is 4.91. The number of para-hydroxylation sites is 1. The molecule has 202 valence electrons. The fraction of sp³-hybridized carbons (Fsp3) is 0. The van der Waals surface area contributed by atoms with Crippen molar-refractivity contribution in [3.05, 3.63) is 152 Å². The highest BCUT2D eigenvalue weighted by atomic mass is 16.3. The molecule has 4 heteroatoms. The van der Waals surface area contributed by atoms with Crippen molar-refractivity contribution in [3.63, 3.8) is 0 Å². The Morgan fingerprint density at radius 1 is 0.442 bits per heavy atom. The van der Waals surface area contributed by atoms with E-state index < -0.39 is 18.1 Å². The van der Waals surface area contributed by atoms with Crippen molar-refractivity contribution in [3.8, 4) is 56.4 Å². The normalized spacial score (nSPS) is 12.9. The second-order valence-corrected chi connectivity index (χ2v) is 10.1. The SMILES string of the molecule is [2H]c1c([2H])c([2H])c(-c2cccc3c2oc2ccc(-c4nc(-c5ccccc5)nc(-c5ccc(-c6ccccc6)cc5)n4)cc23)c([2H])c1[2H]. The van der Waals surface area contributed by atoms with Gasteiger partial charge in [-0.1, -0.05) is 133 Å². The Labute approximate surface area is 256 Å². The van der Waals surface area contributed by atoms with Crippen LogP contribution < -0.4 is 0 Å². The number of hydrogen-bond acceptors (Lipinski definition) is 4. The van der Waals surface area contributed by atoms with E-state index in [4.69, 9.17) is 26.2 Å². The molecule has 0 aliphatic rings. The van der Waals surface area contributed by atoms with Gasteiger partial charge in [-0.3, -0.25) is 0 Å². The molecule has 0 atom stereocenters. The number of nitrogens with zero attached hydrogens (tertiary/aromatic N) is 3. The molecule has 8 rings (SSSR count). The van der Waals surface area contributed by atoms with Gasteiger partial charge in [0.25, 0.3) is 0 Å². The van der Waals surface area contributed by atoms with E-state index >= 15 is 0 Å². The van der Waals surface area contributed by atoms with Gasteiger partial charge in [-0.05, 0) is 34.9 Å². The predicted octanol–water partition coefficient (Wildman–Crippen LogP) is 10.1. The molecule has 2 heterocycles. The summed E-state index contributed by atoms with van der Waals surface area (Å²) in [7, 11) is 0. The molecule has 0 saturated carbocycles. The maximum absolute atomic E-state index is 8.53. The van der Waals surface area contributed by atoms with Crippen LogP contribution in [0.3, 0.4) is 0 Å². The third-order valence-corrected chi connectivity index (χ3v) is 7.44. The molecule has 0 unspecified atom stereocenters. The minimum atomic E-state index is -0.436. The van der Waals surface area contributed by atoms with E-state index in [-0.39, 0.29) is 17.6 Å². The molecule has 0 spiro atoms. The summed E-state index contributed by atoms with van der Waals surface area (Å²) in [6.45, 7) is 0. The molecule has 0 aliphatic heterocycles. The summed E-state index contributed by atoms with van der Waals surface area (Å²) in [5.41, 5.74) is 6.23. The first-order chi connectivity index (χ1) is 23.4. The van der Waals surface area contributed by atoms with E-state index in [2.05, 4.69) is 24.3 Å². The topological polar surface area (TPSA) is 51.8 Å². The van der Waals surface area contributed by atoms with Gasteiger partial charge in [-0.2, -0.15) is 0 Å². The average molecular weight is 557 g/mol. The van der Waals surface area contributed by atoms with Crippen molar-refractivity contribution >= 4 is 21.9 Å². The Hall–Kier alpha value is -5.87. The second kappa shape index (κ2) is 10.5. The lowest BCUT2D eigenvalue weighted by Crippen LogP contribution is -2.00. The Morgan fingerprint density at radius 2 is 1.00 bits per heavy atom. The minimum Gasteiger partial charge on any atom is -0.455 e. The molecular weight excluding hydrogens is 526 g/mol. The lowest BCUT2D eigenvalue weighted by atomic mass is 10.0. The number of rotatable bonds is 5. The Bertz CT molecular complexity index is 2470. The number of aromatic nitrogens is 3. The quantitative estimate of drug-likeness (QED) is 0.212. The number of furan rings is 1. The van der Waals surface area contributed by atoms with Gasteiger partial charge in [-0.25, -0.2) is 15.0 Å². The fourth-order valence-electron chi connectivity index (χ4n) is 5.31. The van der Waals surface area contributed by atoms with Crippen LogP contribution in [0.1, 0.15) is 6.85 Å². The van der Waals surface area contributed by atoms with Crippen LogP contribution in [-0.4, -0.2) is 15.0 Å². The van der Waals surface area contributed by atoms with Gasteiger partial charge in [0.15, 0.2) is 17.5 Å². The summed E-state index contributed by atoms with van der Waals surface area (Å²) in [5, 5.41) is 1.53. The zero-order valence-electron chi connectivity index (χ0n) is 27.8. The van der Waals surface area contributed by atoms with Gasteiger partial charge in [-0.15, -0.1) is 0 Å². The number of benzene rings is 6. The zero-order valence-corrected chi connectivity index (χ0v) is 22.8. The molecule has 6 aromatic carbocycles. The van der Waals surface area contributed by atoms with Gasteiger partial charge >= 0.3 is 0 Å². The summed E-state index contributed by atoms with van der Waals surface area (Å²) < 4.78 is 47.7. The summed E-state index contributed by atoms with van der Waals surface area (Å²) in [4.78, 5) is 14.7. The van der Waals surface area contributed by atoms with Crippen molar-refractivity contribution in [2.75, 3.05) is 0 Å². The maximum atomic E-state index is 8.53. The fourth-order valence-corrected chi connectivity index (χ4v) is 5.31. The smallest absolute Gasteiger partial charge is 0.164 e. The molecule has 0 N–H and O–H groups in total. The molecule has 0 aliphatic carbocycles. The van der Waals surface area contributed by atoms with Gasteiger partial charge in [0.1, 0.15) is 11.2 Å². The maximum Gasteiger partial charge on any atom is 0.164 e. The standard InChI is InChI=1S/C39H25N3O/c1-4-11-26(12-5-1)27-19-21-30(22-20-27)38-40-37(29-15-8-3-9-16-29)41-39(42-38)31-23-24-35-34(25-31)33-18-10-17-32(36(33)43-35)28-13-6-2-7-14-28/h1-25H/i2D,6D,7D,13D,14D. The van der Waals surface area contributed by atoms with E-state index in [1.807, 2.05) is 84.9 Å². The molecule has 0 bridgehead atoms. The van der Waals surface area contributed by atoms with Gasteiger partial charge in [0.05, 0.1) is 6.85 Å². The van der Waals surface area contributed by atoms with Crippen LogP contribution in [0.2, 0.25) is 0 Å². The first kappa shape index (κ1) is 20.1. The molecule has 8 aromatic rings. The molecule has 0 radical (unpaired) electrons. The lowest BCUT2D eigenvalue weighted by molar-refractivity contribution is 0.670. The number of fused-ring (bicyclic) bond motifs is 3. The average Bonchev–Trinajstić information content (AvgIpc) is 3.53. The van der Waals surface area contributed by atoms with Crippen LogP contribution in [0, 0.1) is 0 Å². The van der Waals surface area contributed by atoms with Crippen molar-refractivity contribution in [1.82, 2.24) is 15.0 Å². The molecule has 43 heavy (non-hydrogen) atoms. The van der Waals surface area contributed by atoms with Gasteiger partial charge in [0, 0.05) is 33.0 Å². The van der Waals surface area contributed by atoms with Gasteiger partial charge < -0.3 is 4.42 Å². The molecule has 4 nitrogen and oxygen atoms in total. The Balaban J connectivity index is 1.28. The summed E-state index contributed by atoms with van der Waals surface area (Å²) in [6, 6.07) is 37.4. The summed E-state index contributed by atoms with van der Waals surface area (Å²) in [5.74, 6) is 1.58. The monoisotopic (exact) mass is 556 g/mol. The first-order valence-corrected chi connectivity index (χ1v) is 13.9. The van der Waals surface area contributed by atoms with Crippen molar-refractivity contribution < 1.29 is 11.3 Å². The molecule has 0 amide bonds. The predicted molar refractivity (Wildman–Crippen MR) is 174 cm³/mol. The van der Waals surface area contributed by atoms with Crippen LogP contribution in [0.4, 0.5) is 0 Å². The molecule has 2 aromatic heterocycles. The highest BCUT2D eigenvalue weighted by Crippen LogP contribution is 2.37. The van der Waals surface area contributed by atoms with Crippen LogP contribution in [0.15, 0.2) is 156 Å². The lowest BCUT2D eigenvalue weighted by Gasteiger charge is -2.09. The number of hydrogen-bond donors (Lipinski definition) is 0. The van der Waals surface area contributed by atoms with Crippen LogP contribution >= 0.6 is 0 Å². The van der Waals surface area contributed by atoms with Crippen LogP contribution in [0.5, 0.6) is 0 Å². The second-order valence-electron chi connectivity index (χ2n) is 10.1. The van der Waals surface area contributed by atoms with Gasteiger partial charge in [0.2, 0.25) is 0 Å². The van der Waals surface area contributed by atoms with Crippen molar-refractivity contribution in [2.45, 2.75) is 0 Å². The van der Waals surface area contributed by atoms with Crippen molar-refractivity contribution in [2.24, 2.45) is 0 Å². The highest BCUT2D eigenvalue weighted by Gasteiger charge is 2.16. The third kappa shape index (κ3) is 4.65. The van der Waals surface area contributed by atoms with E-state index in [0.29, 0.717) is 34.2 Å².